The minimum atomic E-state index is -0.504. The molecule has 1 atom stereocenters. The summed E-state index contributed by atoms with van der Waals surface area (Å²) in [4.78, 5) is 28.5. The molecule has 0 saturated carbocycles. The summed E-state index contributed by atoms with van der Waals surface area (Å²) in [6, 6.07) is 9.10. The van der Waals surface area contributed by atoms with E-state index in [-0.39, 0.29) is 11.8 Å². The van der Waals surface area contributed by atoms with E-state index < -0.39 is 6.04 Å². The number of hydrogen-bond donors (Lipinski definition) is 1. The Hall–Kier alpha value is -2.14. The average Bonchev–Trinajstić information content (AvgIpc) is 2.60. The molecule has 1 saturated heterocycles. The summed E-state index contributed by atoms with van der Waals surface area (Å²) in [7, 11) is 0. The largest absolute Gasteiger partial charge is 0.341 e. The van der Waals surface area contributed by atoms with Gasteiger partial charge in [0.15, 0.2) is 0 Å². The maximum atomic E-state index is 12.4. The second-order valence-electron chi connectivity index (χ2n) is 5.73. The van der Waals surface area contributed by atoms with Gasteiger partial charge in [-0.3, -0.25) is 9.59 Å². The second-order valence-corrected chi connectivity index (χ2v) is 5.73. The fourth-order valence-electron chi connectivity index (χ4n) is 2.62. The van der Waals surface area contributed by atoms with E-state index in [0.29, 0.717) is 0 Å². The predicted molar refractivity (Wildman–Crippen MR) is 91.8 cm³/mol. The summed E-state index contributed by atoms with van der Waals surface area (Å²) in [6.45, 7) is 8.13. The maximum Gasteiger partial charge on any atom is 0.244 e. The number of amides is 2. The van der Waals surface area contributed by atoms with Crippen LogP contribution in [0.4, 0.5) is 0 Å². The molecule has 23 heavy (non-hydrogen) atoms. The van der Waals surface area contributed by atoms with Crippen LogP contribution in [0.3, 0.4) is 0 Å². The van der Waals surface area contributed by atoms with Gasteiger partial charge in [0.25, 0.3) is 0 Å². The topological polar surface area (TPSA) is 52.6 Å². The number of benzene rings is 1. The highest BCUT2D eigenvalue weighted by Crippen LogP contribution is 2.04. The van der Waals surface area contributed by atoms with Gasteiger partial charge >= 0.3 is 0 Å². The van der Waals surface area contributed by atoms with Crippen molar-refractivity contribution in [2.75, 3.05) is 32.7 Å². The normalized spacial score (nSPS) is 17.2. The van der Waals surface area contributed by atoms with E-state index in [0.717, 1.165) is 38.3 Å². The first-order valence-electron chi connectivity index (χ1n) is 8.15. The van der Waals surface area contributed by atoms with E-state index in [1.165, 1.54) is 6.08 Å². The van der Waals surface area contributed by atoms with Gasteiger partial charge in [0.05, 0.1) is 0 Å². The standard InChI is InChI=1S/C18H25N3O2/c1-3-20-11-13-21(14-12-20)18(23)15(2)19-17(22)10-9-16-7-5-4-6-8-16/h4-10,15H,3,11-14H2,1-2H3,(H,19,22)/b10-9+. The van der Waals surface area contributed by atoms with E-state index in [1.807, 2.05) is 35.2 Å². The van der Waals surface area contributed by atoms with Crippen molar-refractivity contribution in [1.29, 1.82) is 0 Å². The Kier molecular flexibility index (Phi) is 6.35. The SMILES string of the molecule is CCN1CCN(C(=O)C(C)NC(=O)/C=C/c2ccccc2)CC1. The highest BCUT2D eigenvalue weighted by molar-refractivity contribution is 5.95. The first-order valence-corrected chi connectivity index (χ1v) is 8.15. The minimum Gasteiger partial charge on any atom is -0.341 e. The number of likely N-dealkylation sites (N-methyl/N-ethyl adjacent to an activating group) is 1. The van der Waals surface area contributed by atoms with Crippen LogP contribution in [0.15, 0.2) is 36.4 Å². The predicted octanol–water partition coefficient (Wildman–Crippen LogP) is 1.37. The zero-order valence-corrected chi connectivity index (χ0v) is 13.9. The summed E-state index contributed by atoms with van der Waals surface area (Å²) in [5, 5.41) is 2.74. The third-order valence-electron chi connectivity index (χ3n) is 4.09. The highest BCUT2D eigenvalue weighted by atomic mass is 16.2. The van der Waals surface area contributed by atoms with E-state index in [1.54, 1.807) is 13.0 Å². The molecular formula is C18H25N3O2. The Bertz CT molecular complexity index is 549. The van der Waals surface area contributed by atoms with E-state index in [4.69, 9.17) is 0 Å². The second kappa shape index (κ2) is 8.48. The number of carbonyl (C=O) groups is 2. The Balaban J connectivity index is 1.81. The maximum absolute atomic E-state index is 12.4. The number of carbonyl (C=O) groups excluding carboxylic acids is 2. The van der Waals surface area contributed by atoms with Crippen molar-refractivity contribution in [3.8, 4) is 0 Å². The number of nitrogens with one attached hydrogen (secondary N) is 1. The van der Waals surface area contributed by atoms with Gasteiger partial charge in [0, 0.05) is 32.3 Å². The van der Waals surface area contributed by atoms with Gasteiger partial charge in [0.1, 0.15) is 6.04 Å². The molecule has 0 aliphatic carbocycles. The summed E-state index contributed by atoms with van der Waals surface area (Å²) in [6.07, 6.45) is 3.21. The zero-order chi connectivity index (χ0) is 16.7. The fraction of sp³-hybridized carbons (Fsp3) is 0.444. The smallest absolute Gasteiger partial charge is 0.244 e. The lowest BCUT2D eigenvalue weighted by atomic mass is 10.2. The molecule has 5 nitrogen and oxygen atoms in total. The van der Waals surface area contributed by atoms with Crippen molar-refractivity contribution in [3.05, 3.63) is 42.0 Å². The van der Waals surface area contributed by atoms with Crippen LogP contribution in [-0.4, -0.2) is 60.4 Å². The molecule has 0 radical (unpaired) electrons. The van der Waals surface area contributed by atoms with E-state index in [2.05, 4.69) is 17.1 Å². The molecule has 1 aliphatic rings. The molecule has 0 bridgehead atoms. The quantitative estimate of drug-likeness (QED) is 0.835. The van der Waals surface area contributed by atoms with Crippen molar-refractivity contribution in [1.82, 2.24) is 15.1 Å². The molecular weight excluding hydrogens is 290 g/mol. The molecule has 124 valence electrons. The number of rotatable bonds is 5. The fourth-order valence-corrected chi connectivity index (χ4v) is 2.62. The van der Waals surface area contributed by atoms with E-state index >= 15 is 0 Å². The summed E-state index contributed by atoms with van der Waals surface area (Å²) < 4.78 is 0. The van der Waals surface area contributed by atoms with Crippen LogP contribution in [0.1, 0.15) is 19.4 Å². The van der Waals surface area contributed by atoms with Crippen LogP contribution in [0.2, 0.25) is 0 Å². The molecule has 1 N–H and O–H groups in total. The minimum absolute atomic E-state index is 0.0118. The van der Waals surface area contributed by atoms with Crippen molar-refractivity contribution in [2.24, 2.45) is 0 Å². The molecule has 1 aliphatic heterocycles. The number of piperazine rings is 1. The van der Waals surface area contributed by atoms with Gasteiger partial charge in [0.2, 0.25) is 11.8 Å². The molecule has 1 heterocycles. The van der Waals surface area contributed by atoms with Gasteiger partial charge < -0.3 is 15.1 Å². The number of nitrogens with zero attached hydrogens (tertiary/aromatic N) is 2. The Labute approximate surface area is 138 Å². The molecule has 1 fully saturated rings. The lowest BCUT2D eigenvalue weighted by Gasteiger charge is -2.35. The van der Waals surface area contributed by atoms with Gasteiger partial charge in [-0.2, -0.15) is 0 Å². The number of hydrogen-bond acceptors (Lipinski definition) is 3. The van der Waals surface area contributed by atoms with Crippen molar-refractivity contribution in [3.63, 3.8) is 0 Å². The van der Waals surface area contributed by atoms with Crippen LogP contribution >= 0.6 is 0 Å². The van der Waals surface area contributed by atoms with Crippen LogP contribution in [-0.2, 0) is 9.59 Å². The van der Waals surface area contributed by atoms with Gasteiger partial charge in [-0.25, -0.2) is 0 Å². The lowest BCUT2D eigenvalue weighted by molar-refractivity contribution is -0.136. The summed E-state index contributed by atoms with van der Waals surface area (Å²) >= 11 is 0. The van der Waals surface area contributed by atoms with Gasteiger partial charge in [-0.1, -0.05) is 37.3 Å². The molecule has 1 aromatic rings. The van der Waals surface area contributed by atoms with Crippen molar-refractivity contribution < 1.29 is 9.59 Å². The van der Waals surface area contributed by atoms with Gasteiger partial charge in [-0.05, 0) is 25.1 Å². The zero-order valence-electron chi connectivity index (χ0n) is 13.9. The van der Waals surface area contributed by atoms with Crippen molar-refractivity contribution >= 4 is 17.9 Å². The third-order valence-corrected chi connectivity index (χ3v) is 4.09. The molecule has 1 unspecified atom stereocenters. The van der Waals surface area contributed by atoms with Crippen molar-refractivity contribution in [2.45, 2.75) is 19.9 Å². The van der Waals surface area contributed by atoms with E-state index in [9.17, 15) is 9.59 Å². The van der Waals surface area contributed by atoms with Crippen LogP contribution in [0, 0.1) is 0 Å². The first-order chi connectivity index (χ1) is 11.1. The lowest BCUT2D eigenvalue weighted by Crippen LogP contribution is -2.53. The summed E-state index contributed by atoms with van der Waals surface area (Å²) in [5.41, 5.74) is 0.956. The monoisotopic (exact) mass is 315 g/mol. The highest BCUT2D eigenvalue weighted by Gasteiger charge is 2.24. The molecule has 2 rings (SSSR count). The molecule has 0 aromatic heterocycles. The summed E-state index contributed by atoms with van der Waals surface area (Å²) in [5.74, 6) is -0.260. The molecule has 1 aromatic carbocycles. The van der Waals surface area contributed by atoms with Crippen LogP contribution in [0.5, 0.6) is 0 Å². The average molecular weight is 315 g/mol. The molecule has 2 amide bonds. The van der Waals surface area contributed by atoms with Crippen LogP contribution in [0.25, 0.3) is 6.08 Å². The molecule has 5 heteroatoms. The third kappa shape index (κ3) is 5.21. The first kappa shape index (κ1) is 17.2. The van der Waals surface area contributed by atoms with Crippen LogP contribution < -0.4 is 5.32 Å². The Morgan fingerprint density at radius 1 is 1.17 bits per heavy atom. The van der Waals surface area contributed by atoms with Gasteiger partial charge in [-0.15, -0.1) is 0 Å². The Morgan fingerprint density at radius 2 is 1.83 bits per heavy atom. The Morgan fingerprint density at radius 3 is 2.43 bits per heavy atom. The molecule has 0 spiro atoms.